The van der Waals surface area contributed by atoms with Crippen molar-refractivity contribution in [2.45, 2.75) is 32.8 Å². The molecule has 0 aliphatic carbocycles. The molecule has 16 heavy (non-hydrogen) atoms. The van der Waals surface area contributed by atoms with Crippen molar-refractivity contribution in [2.75, 3.05) is 0 Å². The van der Waals surface area contributed by atoms with Gasteiger partial charge in [-0.25, -0.2) is 4.98 Å². The maximum atomic E-state index is 9.46. The Kier molecular flexibility index (Phi) is 2.68. The first kappa shape index (κ1) is 11.4. The second kappa shape index (κ2) is 3.75. The third kappa shape index (κ3) is 1.70. The van der Waals surface area contributed by atoms with Gasteiger partial charge in [0.15, 0.2) is 5.65 Å². The van der Waals surface area contributed by atoms with Crippen molar-refractivity contribution in [1.29, 1.82) is 0 Å². The third-order valence-corrected chi connectivity index (χ3v) is 2.86. The molecule has 0 saturated heterocycles. The summed E-state index contributed by atoms with van der Waals surface area (Å²) in [5, 5.41) is 10.1. The minimum absolute atomic E-state index is 0.0336. The highest BCUT2D eigenvalue weighted by Crippen LogP contribution is 2.28. The number of fused-ring (bicyclic) bond motifs is 1. The average molecular weight is 239 g/mol. The number of hydrogen-bond donors (Lipinski definition) is 1. The molecule has 0 spiro atoms. The van der Waals surface area contributed by atoms with Gasteiger partial charge in [-0.3, -0.25) is 0 Å². The molecular weight excluding hydrogens is 224 g/mol. The third-order valence-electron chi connectivity index (χ3n) is 2.56. The fraction of sp³-hybridized carbons (Fsp3) is 0.417. The molecule has 0 aliphatic rings. The highest BCUT2D eigenvalue weighted by molar-refractivity contribution is 6.33. The lowest BCUT2D eigenvalue weighted by atomic mass is 9.91. The highest BCUT2D eigenvalue weighted by atomic mass is 35.5. The number of pyridine rings is 1. The molecule has 2 aromatic heterocycles. The average Bonchev–Trinajstić information content (AvgIpc) is 2.57. The minimum atomic E-state index is -0.104. The molecule has 0 saturated carbocycles. The molecule has 86 valence electrons. The first-order chi connectivity index (χ1) is 7.45. The Morgan fingerprint density at radius 3 is 2.69 bits per heavy atom. The van der Waals surface area contributed by atoms with Gasteiger partial charge in [-0.1, -0.05) is 32.4 Å². The fourth-order valence-corrected chi connectivity index (χ4v) is 2.04. The highest BCUT2D eigenvalue weighted by Gasteiger charge is 2.23. The van der Waals surface area contributed by atoms with Crippen LogP contribution < -0.4 is 0 Å². The lowest BCUT2D eigenvalue weighted by Gasteiger charge is -2.16. The van der Waals surface area contributed by atoms with Gasteiger partial charge in [-0.15, -0.1) is 0 Å². The van der Waals surface area contributed by atoms with Crippen molar-refractivity contribution < 1.29 is 5.11 Å². The Labute approximate surface area is 99.7 Å². The van der Waals surface area contributed by atoms with Crippen molar-refractivity contribution in [1.82, 2.24) is 9.38 Å². The van der Waals surface area contributed by atoms with E-state index in [4.69, 9.17) is 11.6 Å². The van der Waals surface area contributed by atoms with Crippen LogP contribution >= 0.6 is 11.6 Å². The van der Waals surface area contributed by atoms with Gasteiger partial charge in [0.2, 0.25) is 0 Å². The van der Waals surface area contributed by atoms with Crippen LogP contribution in [0, 0.1) is 0 Å². The lowest BCUT2D eigenvalue weighted by Crippen LogP contribution is -2.14. The van der Waals surface area contributed by atoms with Crippen LogP contribution in [0.3, 0.4) is 0 Å². The maximum Gasteiger partial charge on any atom is 0.156 e. The van der Waals surface area contributed by atoms with Crippen LogP contribution in [0.25, 0.3) is 5.65 Å². The van der Waals surface area contributed by atoms with Crippen molar-refractivity contribution >= 4 is 17.2 Å². The number of aromatic nitrogens is 2. The predicted octanol–water partition coefficient (Wildman–Crippen LogP) is 2.78. The fourth-order valence-electron chi connectivity index (χ4n) is 1.84. The number of imidazole rings is 1. The van der Waals surface area contributed by atoms with E-state index in [-0.39, 0.29) is 12.0 Å². The second-order valence-electron chi connectivity index (χ2n) is 4.86. The molecule has 0 aromatic carbocycles. The first-order valence-electron chi connectivity index (χ1n) is 5.22. The molecule has 2 heterocycles. The van der Waals surface area contributed by atoms with E-state index < -0.39 is 0 Å². The van der Waals surface area contributed by atoms with E-state index in [1.54, 1.807) is 6.07 Å². The number of halogens is 1. The van der Waals surface area contributed by atoms with Gasteiger partial charge in [0.25, 0.3) is 0 Å². The molecule has 0 fully saturated rings. The van der Waals surface area contributed by atoms with Gasteiger partial charge in [-0.2, -0.15) is 0 Å². The smallest absolute Gasteiger partial charge is 0.156 e. The topological polar surface area (TPSA) is 37.5 Å². The molecule has 0 bridgehead atoms. The van der Waals surface area contributed by atoms with Gasteiger partial charge in [0.05, 0.1) is 23.0 Å². The van der Waals surface area contributed by atoms with Gasteiger partial charge in [0.1, 0.15) is 0 Å². The molecule has 0 unspecified atom stereocenters. The zero-order valence-corrected chi connectivity index (χ0v) is 10.4. The Balaban J connectivity index is 2.81. The molecule has 1 N–H and O–H groups in total. The normalized spacial score (nSPS) is 12.3. The SMILES string of the molecule is CC(C)(C)c1nc2c(Cl)cccn2c1CO. The summed E-state index contributed by atoms with van der Waals surface area (Å²) in [5.74, 6) is 0. The summed E-state index contributed by atoms with van der Waals surface area (Å²) in [6, 6.07) is 3.65. The molecule has 2 aromatic rings. The zero-order valence-electron chi connectivity index (χ0n) is 9.66. The summed E-state index contributed by atoms with van der Waals surface area (Å²) >= 11 is 6.08. The Hall–Kier alpha value is -1.06. The molecule has 0 aliphatic heterocycles. The second-order valence-corrected chi connectivity index (χ2v) is 5.27. The summed E-state index contributed by atoms with van der Waals surface area (Å²) in [7, 11) is 0. The van der Waals surface area contributed by atoms with E-state index >= 15 is 0 Å². The number of rotatable bonds is 1. The Morgan fingerprint density at radius 2 is 2.12 bits per heavy atom. The van der Waals surface area contributed by atoms with Crippen molar-refractivity contribution in [2.24, 2.45) is 0 Å². The van der Waals surface area contributed by atoms with Crippen LogP contribution in [-0.2, 0) is 12.0 Å². The zero-order chi connectivity index (χ0) is 11.9. The molecule has 3 nitrogen and oxygen atoms in total. The van der Waals surface area contributed by atoms with Gasteiger partial charge < -0.3 is 9.51 Å². The van der Waals surface area contributed by atoms with Crippen molar-refractivity contribution in [3.63, 3.8) is 0 Å². The summed E-state index contributed by atoms with van der Waals surface area (Å²) < 4.78 is 1.85. The molecular formula is C12H15ClN2O. The minimum Gasteiger partial charge on any atom is -0.390 e. The van der Waals surface area contributed by atoms with Crippen LogP contribution in [0.1, 0.15) is 32.2 Å². The van der Waals surface area contributed by atoms with E-state index in [0.29, 0.717) is 10.7 Å². The van der Waals surface area contributed by atoms with Crippen LogP contribution in [-0.4, -0.2) is 14.5 Å². The van der Waals surface area contributed by atoms with Crippen LogP contribution in [0.4, 0.5) is 0 Å². The first-order valence-corrected chi connectivity index (χ1v) is 5.59. The lowest BCUT2D eigenvalue weighted by molar-refractivity contribution is 0.272. The Bertz CT molecular complexity index is 526. The predicted molar refractivity (Wildman–Crippen MR) is 64.8 cm³/mol. The van der Waals surface area contributed by atoms with Crippen molar-refractivity contribution in [3.05, 3.63) is 34.7 Å². The number of aliphatic hydroxyl groups excluding tert-OH is 1. The monoisotopic (exact) mass is 238 g/mol. The Morgan fingerprint density at radius 1 is 1.44 bits per heavy atom. The number of hydrogen-bond acceptors (Lipinski definition) is 2. The molecule has 0 atom stereocenters. The molecule has 0 amide bonds. The summed E-state index contributed by atoms with van der Waals surface area (Å²) in [6.07, 6.45) is 1.87. The van der Waals surface area contributed by atoms with Gasteiger partial charge in [-0.05, 0) is 12.1 Å². The summed E-state index contributed by atoms with van der Waals surface area (Å²) in [6.45, 7) is 6.18. The quantitative estimate of drug-likeness (QED) is 0.830. The van der Waals surface area contributed by atoms with Crippen LogP contribution in [0.15, 0.2) is 18.3 Å². The largest absolute Gasteiger partial charge is 0.390 e. The standard InChI is InChI=1S/C12H15ClN2O/c1-12(2,3)10-9(7-16)15-6-4-5-8(13)11(15)14-10/h4-6,16H,7H2,1-3H3. The van der Waals surface area contributed by atoms with E-state index in [9.17, 15) is 5.11 Å². The van der Waals surface area contributed by atoms with E-state index in [0.717, 1.165) is 11.4 Å². The number of nitrogens with zero attached hydrogens (tertiary/aromatic N) is 2. The molecule has 4 heteroatoms. The van der Waals surface area contributed by atoms with E-state index in [1.165, 1.54) is 0 Å². The van der Waals surface area contributed by atoms with Gasteiger partial charge in [0, 0.05) is 11.6 Å². The number of aliphatic hydroxyl groups is 1. The van der Waals surface area contributed by atoms with E-state index in [2.05, 4.69) is 25.8 Å². The van der Waals surface area contributed by atoms with Gasteiger partial charge >= 0.3 is 0 Å². The van der Waals surface area contributed by atoms with Crippen LogP contribution in [0.2, 0.25) is 5.02 Å². The summed E-state index contributed by atoms with van der Waals surface area (Å²) in [5.41, 5.74) is 2.30. The van der Waals surface area contributed by atoms with E-state index in [1.807, 2.05) is 16.7 Å². The van der Waals surface area contributed by atoms with Crippen LogP contribution in [0.5, 0.6) is 0 Å². The maximum absolute atomic E-state index is 9.46. The molecule has 2 rings (SSSR count). The van der Waals surface area contributed by atoms with Crippen molar-refractivity contribution in [3.8, 4) is 0 Å². The molecule has 0 radical (unpaired) electrons. The summed E-state index contributed by atoms with van der Waals surface area (Å²) in [4.78, 5) is 4.53.